The van der Waals surface area contributed by atoms with Gasteiger partial charge in [-0.2, -0.15) is 0 Å². The van der Waals surface area contributed by atoms with E-state index in [9.17, 15) is 14.7 Å². The summed E-state index contributed by atoms with van der Waals surface area (Å²) in [6, 6.07) is 18.7. The van der Waals surface area contributed by atoms with E-state index >= 15 is 0 Å². The van der Waals surface area contributed by atoms with E-state index in [4.69, 9.17) is 0 Å². The van der Waals surface area contributed by atoms with Crippen molar-refractivity contribution in [2.75, 3.05) is 13.2 Å². The van der Waals surface area contributed by atoms with Crippen molar-refractivity contribution in [2.45, 2.75) is 25.9 Å². The second kappa shape index (κ2) is 9.59. The first kappa shape index (κ1) is 18.7. The molecule has 5 heteroatoms. The van der Waals surface area contributed by atoms with Gasteiger partial charge in [0.1, 0.15) is 0 Å². The number of carbonyl (C=O) groups excluding carboxylic acids is 2. The van der Waals surface area contributed by atoms with Crippen LogP contribution in [0.25, 0.3) is 0 Å². The summed E-state index contributed by atoms with van der Waals surface area (Å²) < 4.78 is 0. The summed E-state index contributed by atoms with van der Waals surface area (Å²) in [5, 5.41) is 12.1. The molecule has 2 rings (SSSR count). The topological polar surface area (TPSA) is 69.6 Å². The third kappa shape index (κ3) is 6.04. The maximum Gasteiger partial charge on any atom is 0.225 e. The third-order valence-corrected chi connectivity index (χ3v) is 3.90. The summed E-state index contributed by atoms with van der Waals surface area (Å²) in [5.41, 5.74) is 1.88. The van der Waals surface area contributed by atoms with Crippen LogP contribution >= 0.6 is 0 Å². The summed E-state index contributed by atoms with van der Waals surface area (Å²) in [7, 11) is 0. The lowest BCUT2D eigenvalue weighted by molar-refractivity contribution is -0.133. The van der Waals surface area contributed by atoms with E-state index in [0.29, 0.717) is 6.54 Å². The zero-order valence-corrected chi connectivity index (χ0v) is 14.4. The van der Waals surface area contributed by atoms with Gasteiger partial charge in [-0.1, -0.05) is 60.7 Å². The average Bonchev–Trinajstić information content (AvgIpc) is 2.62. The quantitative estimate of drug-likeness (QED) is 0.774. The highest BCUT2D eigenvalue weighted by Crippen LogP contribution is 2.18. The Hall–Kier alpha value is -2.66. The van der Waals surface area contributed by atoms with E-state index in [2.05, 4.69) is 5.32 Å². The first-order chi connectivity index (χ1) is 12.1. The Balaban J connectivity index is 2.11. The minimum atomic E-state index is -0.386. The number of benzene rings is 2. The van der Waals surface area contributed by atoms with Gasteiger partial charge in [0.05, 0.1) is 19.1 Å². The molecule has 2 amide bonds. The second-order valence-electron chi connectivity index (χ2n) is 5.89. The second-order valence-corrected chi connectivity index (χ2v) is 5.89. The molecule has 25 heavy (non-hydrogen) atoms. The molecule has 2 aromatic rings. The van der Waals surface area contributed by atoms with Crippen molar-refractivity contribution in [1.82, 2.24) is 10.2 Å². The summed E-state index contributed by atoms with van der Waals surface area (Å²) in [6.45, 7) is 2.03. The highest BCUT2D eigenvalue weighted by atomic mass is 16.3. The molecule has 2 aromatic carbocycles. The molecule has 0 aliphatic carbocycles. The number of rotatable bonds is 8. The molecule has 0 aliphatic rings. The van der Waals surface area contributed by atoms with Crippen LogP contribution in [-0.2, 0) is 16.1 Å². The first-order valence-electron chi connectivity index (χ1n) is 8.34. The monoisotopic (exact) mass is 340 g/mol. The summed E-state index contributed by atoms with van der Waals surface area (Å²) in [4.78, 5) is 25.9. The van der Waals surface area contributed by atoms with Gasteiger partial charge in [0, 0.05) is 20.0 Å². The Morgan fingerprint density at radius 3 is 2.20 bits per heavy atom. The summed E-state index contributed by atoms with van der Waals surface area (Å²) in [5.74, 6) is -0.293. The molecule has 2 N–H and O–H groups in total. The van der Waals surface area contributed by atoms with Crippen LogP contribution in [0, 0.1) is 0 Å². The molecule has 0 aromatic heterocycles. The van der Waals surface area contributed by atoms with E-state index in [1.807, 2.05) is 60.7 Å². The van der Waals surface area contributed by atoms with Crippen molar-refractivity contribution < 1.29 is 14.7 Å². The highest BCUT2D eigenvalue weighted by molar-refractivity contribution is 5.79. The molecule has 0 bridgehead atoms. The number of amides is 2. The van der Waals surface area contributed by atoms with Gasteiger partial charge in [-0.3, -0.25) is 9.59 Å². The minimum Gasteiger partial charge on any atom is -0.395 e. The van der Waals surface area contributed by atoms with Gasteiger partial charge in [0.2, 0.25) is 11.8 Å². The fourth-order valence-electron chi connectivity index (χ4n) is 2.70. The van der Waals surface area contributed by atoms with Gasteiger partial charge in [0.25, 0.3) is 0 Å². The van der Waals surface area contributed by atoms with Crippen molar-refractivity contribution in [3.63, 3.8) is 0 Å². The predicted octanol–water partition coefficient (Wildman–Crippen LogP) is 2.27. The normalized spacial score (nSPS) is 11.6. The standard InChI is InChI=1S/C20H24N2O3/c1-16(24)21-19(18-10-6-3-7-11-18)14-20(25)22(12-13-23)15-17-8-4-2-5-9-17/h2-11,19,23H,12-15H2,1H3,(H,21,24). The molecule has 5 nitrogen and oxygen atoms in total. The summed E-state index contributed by atoms with van der Waals surface area (Å²) >= 11 is 0. The van der Waals surface area contributed by atoms with Crippen LogP contribution in [0.3, 0.4) is 0 Å². The molecule has 1 unspecified atom stereocenters. The Morgan fingerprint density at radius 2 is 1.64 bits per heavy atom. The van der Waals surface area contributed by atoms with Gasteiger partial charge in [0.15, 0.2) is 0 Å². The van der Waals surface area contributed by atoms with Gasteiger partial charge in [-0.05, 0) is 11.1 Å². The van der Waals surface area contributed by atoms with Crippen LogP contribution in [0.4, 0.5) is 0 Å². The number of aliphatic hydroxyl groups excluding tert-OH is 1. The van der Waals surface area contributed by atoms with E-state index in [-0.39, 0.29) is 37.4 Å². The minimum absolute atomic E-state index is 0.102. The van der Waals surface area contributed by atoms with Gasteiger partial charge >= 0.3 is 0 Å². The van der Waals surface area contributed by atoms with Crippen LogP contribution in [0.2, 0.25) is 0 Å². The van der Waals surface area contributed by atoms with Crippen molar-refractivity contribution in [2.24, 2.45) is 0 Å². The Morgan fingerprint density at radius 1 is 1.04 bits per heavy atom. The Bertz CT molecular complexity index is 674. The maximum absolute atomic E-state index is 12.8. The van der Waals surface area contributed by atoms with Crippen LogP contribution in [0.15, 0.2) is 60.7 Å². The molecule has 0 spiro atoms. The molecule has 132 valence electrons. The van der Waals surface area contributed by atoms with Crippen LogP contribution in [-0.4, -0.2) is 35.0 Å². The highest BCUT2D eigenvalue weighted by Gasteiger charge is 2.21. The molecular formula is C20H24N2O3. The number of hydrogen-bond donors (Lipinski definition) is 2. The molecular weight excluding hydrogens is 316 g/mol. The van der Waals surface area contributed by atoms with E-state index in [1.54, 1.807) is 4.90 Å². The SMILES string of the molecule is CC(=O)NC(CC(=O)N(CCO)Cc1ccccc1)c1ccccc1. The summed E-state index contributed by atoms with van der Waals surface area (Å²) in [6.07, 6.45) is 0.149. The van der Waals surface area contributed by atoms with Crippen LogP contribution in [0.5, 0.6) is 0 Å². The number of carbonyl (C=O) groups is 2. The number of aliphatic hydroxyl groups is 1. The molecule has 0 aliphatic heterocycles. The lowest BCUT2D eigenvalue weighted by atomic mass is 10.0. The van der Waals surface area contributed by atoms with Gasteiger partial charge < -0.3 is 15.3 Å². The van der Waals surface area contributed by atoms with E-state index in [1.165, 1.54) is 6.92 Å². The maximum atomic E-state index is 12.8. The Kier molecular flexibility index (Phi) is 7.16. The Labute approximate surface area is 148 Å². The number of hydrogen-bond acceptors (Lipinski definition) is 3. The van der Waals surface area contributed by atoms with Crippen molar-refractivity contribution >= 4 is 11.8 Å². The zero-order chi connectivity index (χ0) is 18.1. The van der Waals surface area contributed by atoms with Gasteiger partial charge in [-0.25, -0.2) is 0 Å². The molecule has 0 radical (unpaired) electrons. The fourth-order valence-corrected chi connectivity index (χ4v) is 2.70. The van der Waals surface area contributed by atoms with Crippen molar-refractivity contribution in [1.29, 1.82) is 0 Å². The number of nitrogens with zero attached hydrogens (tertiary/aromatic N) is 1. The molecule has 0 saturated carbocycles. The van der Waals surface area contributed by atoms with E-state index < -0.39 is 0 Å². The molecule has 0 heterocycles. The van der Waals surface area contributed by atoms with Crippen LogP contribution in [0.1, 0.15) is 30.5 Å². The smallest absolute Gasteiger partial charge is 0.225 e. The van der Waals surface area contributed by atoms with Crippen molar-refractivity contribution in [3.05, 3.63) is 71.8 Å². The lowest BCUT2D eigenvalue weighted by Crippen LogP contribution is -2.37. The van der Waals surface area contributed by atoms with Crippen LogP contribution < -0.4 is 5.32 Å². The van der Waals surface area contributed by atoms with E-state index in [0.717, 1.165) is 11.1 Å². The molecule has 0 fully saturated rings. The predicted molar refractivity (Wildman–Crippen MR) is 96.6 cm³/mol. The third-order valence-electron chi connectivity index (χ3n) is 3.90. The van der Waals surface area contributed by atoms with Crippen molar-refractivity contribution in [3.8, 4) is 0 Å². The average molecular weight is 340 g/mol. The molecule has 0 saturated heterocycles. The fraction of sp³-hybridized carbons (Fsp3) is 0.300. The largest absolute Gasteiger partial charge is 0.395 e. The first-order valence-corrected chi connectivity index (χ1v) is 8.34. The number of nitrogens with one attached hydrogen (secondary N) is 1. The zero-order valence-electron chi connectivity index (χ0n) is 14.4. The lowest BCUT2D eigenvalue weighted by Gasteiger charge is -2.25. The molecule has 1 atom stereocenters. The van der Waals surface area contributed by atoms with Gasteiger partial charge in [-0.15, -0.1) is 0 Å².